The summed E-state index contributed by atoms with van der Waals surface area (Å²) in [4.78, 5) is 4.04. The van der Waals surface area contributed by atoms with Crippen LogP contribution in [0.1, 0.15) is 19.5 Å². The van der Waals surface area contributed by atoms with Crippen LogP contribution in [0.4, 0.5) is 0 Å². The molecule has 0 aliphatic carbocycles. The highest BCUT2D eigenvalue weighted by molar-refractivity contribution is 7.93. The third-order valence-electron chi connectivity index (χ3n) is 3.00. The molecule has 0 saturated carbocycles. The van der Waals surface area contributed by atoms with Crippen LogP contribution in [0.2, 0.25) is 0 Å². The quantitative estimate of drug-likeness (QED) is 0.837. The molecule has 120 valence electrons. The fourth-order valence-electron chi connectivity index (χ4n) is 1.74. The molecule has 0 aromatic carbocycles. The van der Waals surface area contributed by atoms with Crippen LogP contribution in [0.3, 0.4) is 0 Å². The molecule has 2 N–H and O–H groups in total. The van der Waals surface area contributed by atoms with E-state index in [1.165, 1.54) is 14.1 Å². The van der Waals surface area contributed by atoms with E-state index in [0.717, 1.165) is 10.5 Å². The smallest absolute Gasteiger partial charge is 0.240 e. The van der Waals surface area contributed by atoms with Crippen LogP contribution in [0, 0.1) is 16.7 Å². The number of rotatable bonds is 6. The maximum atomic E-state index is 12.3. The van der Waals surface area contributed by atoms with Crippen molar-refractivity contribution in [2.75, 3.05) is 20.7 Å². The zero-order valence-electron chi connectivity index (χ0n) is 13.1. The molecule has 0 saturated heterocycles. The van der Waals surface area contributed by atoms with E-state index in [4.69, 9.17) is 15.7 Å². The van der Waals surface area contributed by atoms with Gasteiger partial charge >= 0.3 is 0 Å². The van der Waals surface area contributed by atoms with Gasteiger partial charge in [-0.3, -0.25) is 0 Å². The number of hydrogen-bond donors (Lipinski definition) is 1. The highest BCUT2D eigenvalue weighted by atomic mass is 32.2. The summed E-state index contributed by atoms with van der Waals surface area (Å²) >= 11 is 0. The minimum absolute atomic E-state index is 0.0466. The lowest BCUT2D eigenvalue weighted by molar-refractivity contribution is 0.209. The summed E-state index contributed by atoms with van der Waals surface area (Å²) in [5.41, 5.74) is 4.88. The molecule has 0 unspecified atom stereocenters. The monoisotopic (exact) mass is 324 g/mol. The predicted molar refractivity (Wildman–Crippen MR) is 83.1 cm³/mol. The summed E-state index contributed by atoms with van der Waals surface area (Å²) in [7, 11) is -0.771. The van der Waals surface area contributed by atoms with Crippen molar-refractivity contribution in [2.24, 2.45) is 11.1 Å². The van der Waals surface area contributed by atoms with Crippen LogP contribution < -0.4 is 10.5 Å². The van der Waals surface area contributed by atoms with Gasteiger partial charge < -0.3 is 10.5 Å². The Morgan fingerprint density at radius 1 is 1.50 bits per heavy atom. The maximum absolute atomic E-state index is 12.3. The SMILES string of the molecule is CN(C)S(=O)(=O)C(=CN)C(C)(C)COc1cccc(C#N)n1. The van der Waals surface area contributed by atoms with E-state index in [9.17, 15) is 8.42 Å². The van der Waals surface area contributed by atoms with E-state index in [2.05, 4.69) is 4.98 Å². The van der Waals surface area contributed by atoms with E-state index in [1.54, 1.807) is 32.0 Å². The van der Waals surface area contributed by atoms with Crippen LogP contribution in [0.5, 0.6) is 5.88 Å². The minimum atomic E-state index is -3.65. The lowest BCUT2D eigenvalue weighted by atomic mass is 9.94. The van der Waals surface area contributed by atoms with Gasteiger partial charge in [0, 0.05) is 31.8 Å². The Hall–Kier alpha value is -2.11. The maximum Gasteiger partial charge on any atom is 0.240 e. The molecule has 0 bridgehead atoms. The molecule has 1 rings (SSSR count). The minimum Gasteiger partial charge on any atom is -0.477 e. The third-order valence-corrected chi connectivity index (χ3v) is 5.20. The summed E-state index contributed by atoms with van der Waals surface area (Å²) in [6.45, 7) is 3.47. The number of pyridine rings is 1. The van der Waals surface area contributed by atoms with Crippen LogP contribution in [-0.4, -0.2) is 38.4 Å². The number of aromatic nitrogens is 1. The fourth-order valence-corrected chi connectivity index (χ4v) is 3.06. The van der Waals surface area contributed by atoms with Gasteiger partial charge in [-0.05, 0) is 6.07 Å². The number of nitriles is 1. The van der Waals surface area contributed by atoms with Crippen LogP contribution in [-0.2, 0) is 10.0 Å². The Morgan fingerprint density at radius 2 is 2.14 bits per heavy atom. The Kier molecular flexibility index (Phi) is 5.52. The second-order valence-corrected chi connectivity index (χ2v) is 7.58. The van der Waals surface area contributed by atoms with Crippen LogP contribution in [0.15, 0.2) is 29.3 Å². The van der Waals surface area contributed by atoms with Crippen molar-refractivity contribution in [3.63, 3.8) is 0 Å². The van der Waals surface area contributed by atoms with Crippen LogP contribution in [0.25, 0.3) is 0 Å². The first kappa shape index (κ1) is 17.9. The number of ether oxygens (including phenoxy) is 1. The van der Waals surface area contributed by atoms with Gasteiger partial charge in [-0.15, -0.1) is 0 Å². The Balaban J connectivity index is 2.97. The summed E-state index contributed by atoms with van der Waals surface area (Å²) in [5, 5.41) is 8.81. The van der Waals surface area contributed by atoms with Crippen molar-refractivity contribution < 1.29 is 13.2 Å². The highest BCUT2D eigenvalue weighted by Gasteiger charge is 2.35. The molecule has 0 spiro atoms. The van der Waals surface area contributed by atoms with Gasteiger partial charge in [-0.2, -0.15) is 5.26 Å². The number of sulfonamides is 1. The Bertz CT molecular complexity index is 703. The topological polar surface area (TPSA) is 109 Å². The Labute approximate surface area is 131 Å². The average molecular weight is 324 g/mol. The van der Waals surface area contributed by atoms with Crippen molar-refractivity contribution in [3.8, 4) is 11.9 Å². The van der Waals surface area contributed by atoms with Gasteiger partial charge in [0.05, 0.1) is 11.5 Å². The van der Waals surface area contributed by atoms with Gasteiger partial charge in [0.15, 0.2) is 0 Å². The average Bonchev–Trinajstić information content (AvgIpc) is 2.45. The van der Waals surface area contributed by atoms with Crippen molar-refractivity contribution in [1.29, 1.82) is 5.26 Å². The summed E-state index contributed by atoms with van der Waals surface area (Å²) in [6.07, 6.45) is 1.08. The molecule has 1 aromatic rings. The van der Waals surface area contributed by atoms with Crippen molar-refractivity contribution in [2.45, 2.75) is 13.8 Å². The van der Waals surface area contributed by atoms with Crippen molar-refractivity contribution in [3.05, 3.63) is 35.0 Å². The van der Waals surface area contributed by atoms with E-state index < -0.39 is 15.4 Å². The standard InChI is InChI=1S/C14H20N4O3S/c1-14(2,12(9-16)22(19,20)18(3)4)10-21-13-7-5-6-11(8-15)17-13/h5-7,9H,10,16H2,1-4H3. The largest absolute Gasteiger partial charge is 0.477 e. The summed E-state index contributed by atoms with van der Waals surface area (Å²) in [5.74, 6) is 0.255. The first-order chi connectivity index (χ1) is 10.1. The molecular formula is C14H20N4O3S. The second kappa shape index (κ2) is 6.77. The molecule has 0 atom stereocenters. The van der Waals surface area contributed by atoms with E-state index in [0.29, 0.717) is 0 Å². The molecule has 22 heavy (non-hydrogen) atoms. The van der Waals surface area contributed by atoms with E-state index in [-0.39, 0.29) is 23.1 Å². The van der Waals surface area contributed by atoms with E-state index in [1.807, 2.05) is 6.07 Å². The number of hydrogen-bond acceptors (Lipinski definition) is 6. The molecule has 7 nitrogen and oxygen atoms in total. The van der Waals surface area contributed by atoms with Gasteiger partial charge in [0.1, 0.15) is 11.8 Å². The van der Waals surface area contributed by atoms with E-state index >= 15 is 0 Å². The normalized spacial score (nSPS) is 13.0. The molecule has 1 heterocycles. The second-order valence-electron chi connectivity index (χ2n) is 5.46. The van der Waals surface area contributed by atoms with Crippen molar-refractivity contribution in [1.82, 2.24) is 9.29 Å². The van der Waals surface area contributed by atoms with Gasteiger partial charge in [0.2, 0.25) is 15.9 Å². The number of nitrogens with two attached hydrogens (primary N) is 1. The van der Waals surface area contributed by atoms with Crippen LogP contribution >= 0.6 is 0 Å². The van der Waals surface area contributed by atoms with Crippen molar-refractivity contribution >= 4 is 10.0 Å². The first-order valence-electron chi connectivity index (χ1n) is 6.50. The van der Waals surface area contributed by atoms with Gasteiger partial charge in [0.25, 0.3) is 0 Å². The first-order valence-corrected chi connectivity index (χ1v) is 7.94. The molecule has 0 amide bonds. The predicted octanol–water partition coefficient (Wildman–Crippen LogP) is 1.05. The zero-order valence-corrected chi connectivity index (χ0v) is 13.9. The molecule has 1 aromatic heterocycles. The molecule has 0 radical (unpaired) electrons. The van der Waals surface area contributed by atoms with Gasteiger partial charge in [-0.1, -0.05) is 19.9 Å². The summed E-state index contributed by atoms with van der Waals surface area (Å²) in [6, 6.07) is 6.71. The molecule has 0 aliphatic heterocycles. The highest BCUT2D eigenvalue weighted by Crippen LogP contribution is 2.31. The molecule has 8 heteroatoms. The zero-order chi connectivity index (χ0) is 17.0. The Morgan fingerprint density at radius 3 is 2.64 bits per heavy atom. The molecule has 0 aliphatic rings. The molecule has 0 fully saturated rings. The lowest BCUT2D eigenvalue weighted by Gasteiger charge is -2.28. The summed E-state index contributed by atoms with van der Waals surface area (Å²) < 4.78 is 31.2. The lowest BCUT2D eigenvalue weighted by Crippen LogP contribution is -2.35. The fraction of sp³-hybridized carbons (Fsp3) is 0.429. The number of nitrogens with zero attached hydrogens (tertiary/aromatic N) is 3. The molecular weight excluding hydrogens is 304 g/mol. The van der Waals surface area contributed by atoms with Gasteiger partial charge in [-0.25, -0.2) is 17.7 Å². The third kappa shape index (κ3) is 3.96.